The average molecular weight is 312 g/mol. The Hall–Kier alpha value is -1.11. The highest BCUT2D eigenvalue weighted by Gasteiger charge is 2.33. The molecule has 1 aromatic carbocycles. The molecule has 1 aliphatic carbocycles. The van der Waals surface area contributed by atoms with Gasteiger partial charge in [0.2, 0.25) is 10.0 Å². The summed E-state index contributed by atoms with van der Waals surface area (Å²) in [5.41, 5.74) is 0.594. The van der Waals surface area contributed by atoms with Crippen molar-refractivity contribution < 1.29 is 13.5 Å². The van der Waals surface area contributed by atoms with E-state index in [4.69, 9.17) is 0 Å². The van der Waals surface area contributed by atoms with Gasteiger partial charge in [-0.2, -0.15) is 4.31 Å². The molecule has 0 amide bonds. The van der Waals surface area contributed by atoms with Crippen molar-refractivity contribution in [1.82, 2.24) is 4.31 Å². The van der Waals surface area contributed by atoms with Gasteiger partial charge < -0.3 is 10.4 Å². The molecule has 21 heavy (non-hydrogen) atoms. The van der Waals surface area contributed by atoms with Gasteiger partial charge in [-0.05, 0) is 25.0 Å². The number of hydrogen-bond acceptors (Lipinski definition) is 4. The Labute approximate surface area is 127 Å². The molecule has 0 saturated heterocycles. The molecule has 1 saturated carbocycles. The molecule has 118 valence electrons. The maximum Gasteiger partial charge on any atom is 0.245 e. The highest BCUT2D eigenvalue weighted by atomic mass is 32.2. The minimum Gasteiger partial charge on any atom is -0.395 e. The Morgan fingerprint density at radius 1 is 1.24 bits per heavy atom. The number of anilines is 1. The van der Waals surface area contributed by atoms with Gasteiger partial charge in [-0.25, -0.2) is 8.42 Å². The van der Waals surface area contributed by atoms with Crippen molar-refractivity contribution in [2.75, 3.05) is 25.5 Å². The lowest BCUT2D eigenvalue weighted by Gasteiger charge is -2.33. The van der Waals surface area contributed by atoms with Crippen LogP contribution in [-0.2, 0) is 10.0 Å². The third kappa shape index (κ3) is 3.56. The molecule has 0 heterocycles. The normalized spacial score (nSPS) is 17.1. The number of para-hydroxylation sites is 1. The molecule has 6 heteroatoms. The lowest BCUT2D eigenvalue weighted by atomic mass is 9.95. The average Bonchev–Trinajstić information content (AvgIpc) is 2.53. The predicted octanol–water partition coefficient (Wildman–Crippen LogP) is 2.04. The molecule has 0 spiro atoms. The van der Waals surface area contributed by atoms with Crippen LogP contribution in [0.4, 0.5) is 5.69 Å². The zero-order valence-corrected chi connectivity index (χ0v) is 13.3. The van der Waals surface area contributed by atoms with E-state index in [9.17, 15) is 13.5 Å². The molecule has 5 nitrogen and oxygen atoms in total. The molecule has 2 rings (SSSR count). The van der Waals surface area contributed by atoms with Crippen molar-refractivity contribution in [2.45, 2.75) is 43.0 Å². The summed E-state index contributed by atoms with van der Waals surface area (Å²) in [6.45, 7) is 0.00248. The number of nitrogens with zero attached hydrogens (tertiary/aromatic N) is 1. The summed E-state index contributed by atoms with van der Waals surface area (Å²) in [6, 6.07) is 6.91. The van der Waals surface area contributed by atoms with Crippen molar-refractivity contribution in [3.63, 3.8) is 0 Å². The number of aliphatic hydroxyl groups excluding tert-OH is 1. The molecule has 2 N–H and O–H groups in total. The summed E-state index contributed by atoms with van der Waals surface area (Å²) in [4.78, 5) is 0.284. The second-order valence-electron chi connectivity index (χ2n) is 5.38. The smallest absolute Gasteiger partial charge is 0.245 e. The van der Waals surface area contributed by atoms with Crippen molar-refractivity contribution in [3.8, 4) is 0 Å². The summed E-state index contributed by atoms with van der Waals surface area (Å²) < 4.78 is 27.4. The van der Waals surface area contributed by atoms with Crippen LogP contribution in [-0.4, -0.2) is 44.1 Å². The first-order valence-electron chi connectivity index (χ1n) is 7.50. The van der Waals surface area contributed by atoms with Crippen molar-refractivity contribution in [2.24, 2.45) is 0 Å². The fourth-order valence-corrected chi connectivity index (χ4v) is 4.87. The molecule has 0 unspecified atom stereocenters. The number of benzene rings is 1. The Morgan fingerprint density at radius 2 is 1.90 bits per heavy atom. The van der Waals surface area contributed by atoms with Crippen molar-refractivity contribution in [1.29, 1.82) is 0 Å². The Morgan fingerprint density at radius 3 is 2.52 bits per heavy atom. The first-order chi connectivity index (χ1) is 10.1. The van der Waals surface area contributed by atoms with Gasteiger partial charge >= 0.3 is 0 Å². The fourth-order valence-electron chi connectivity index (χ4n) is 2.99. The predicted molar refractivity (Wildman–Crippen MR) is 83.8 cm³/mol. The van der Waals surface area contributed by atoms with E-state index in [-0.39, 0.29) is 24.1 Å². The van der Waals surface area contributed by atoms with Crippen LogP contribution in [0.3, 0.4) is 0 Å². The molecular weight excluding hydrogens is 288 g/mol. The van der Waals surface area contributed by atoms with E-state index < -0.39 is 10.0 Å². The minimum absolute atomic E-state index is 0.000752. The van der Waals surface area contributed by atoms with Crippen LogP contribution in [0.15, 0.2) is 29.2 Å². The standard InChI is InChI=1S/C15H24N2O3S/c1-16-14-9-5-6-10-15(14)21(19,20)17(11-12-18)13-7-3-2-4-8-13/h5-6,9-10,13,16,18H,2-4,7-8,11-12H2,1H3. The van der Waals surface area contributed by atoms with Gasteiger partial charge in [-0.3, -0.25) is 0 Å². The molecule has 1 fully saturated rings. The van der Waals surface area contributed by atoms with Crippen LogP contribution in [0.5, 0.6) is 0 Å². The third-order valence-electron chi connectivity index (χ3n) is 4.05. The number of sulfonamides is 1. The van der Waals surface area contributed by atoms with Gasteiger partial charge in [0.25, 0.3) is 0 Å². The summed E-state index contributed by atoms with van der Waals surface area (Å²) in [5, 5.41) is 12.2. The summed E-state index contributed by atoms with van der Waals surface area (Å²) in [6.07, 6.45) is 5.02. The number of aliphatic hydroxyl groups is 1. The van der Waals surface area contributed by atoms with Crippen LogP contribution in [0, 0.1) is 0 Å². The first kappa shape index (κ1) is 16.3. The SMILES string of the molecule is CNc1ccccc1S(=O)(=O)N(CCO)C1CCCCC1. The zero-order chi connectivity index (χ0) is 15.3. The molecule has 0 aromatic heterocycles. The monoisotopic (exact) mass is 312 g/mol. The van der Waals surface area contributed by atoms with E-state index in [0.717, 1.165) is 32.1 Å². The molecule has 1 aliphatic rings. The van der Waals surface area contributed by atoms with Gasteiger partial charge in [-0.1, -0.05) is 31.4 Å². The molecule has 1 aromatic rings. The second kappa shape index (κ2) is 7.24. The third-order valence-corrected chi connectivity index (χ3v) is 6.06. The largest absolute Gasteiger partial charge is 0.395 e. The maximum absolute atomic E-state index is 13.0. The van der Waals surface area contributed by atoms with E-state index in [1.165, 1.54) is 4.31 Å². The van der Waals surface area contributed by atoms with Gasteiger partial charge in [0.1, 0.15) is 4.90 Å². The van der Waals surface area contributed by atoms with Gasteiger partial charge in [-0.15, -0.1) is 0 Å². The van der Waals surface area contributed by atoms with E-state index in [2.05, 4.69) is 5.32 Å². The number of rotatable bonds is 6. The van der Waals surface area contributed by atoms with Gasteiger partial charge in [0, 0.05) is 19.6 Å². The first-order valence-corrected chi connectivity index (χ1v) is 8.94. The van der Waals surface area contributed by atoms with Gasteiger partial charge in [0.15, 0.2) is 0 Å². The van der Waals surface area contributed by atoms with Crippen LogP contribution in [0.2, 0.25) is 0 Å². The molecule has 0 atom stereocenters. The number of nitrogens with one attached hydrogen (secondary N) is 1. The Kier molecular flexibility index (Phi) is 5.61. The van der Waals surface area contributed by atoms with Crippen LogP contribution in [0.25, 0.3) is 0 Å². The van der Waals surface area contributed by atoms with E-state index in [1.54, 1.807) is 25.2 Å². The maximum atomic E-state index is 13.0. The van der Waals surface area contributed by atoms with E-state index >= 15 is 0 Å². The molecule has 0 radical (unpaired) electrons. The molecular formula is C15H24N2O3S. The van der Waals surface area contributed by atoms with Crippen molar-refractivity contribution in [3.05, 3.63) is 24.3 Å². The Bertz CT molecular complexity index is 554. The van der Waals surface area contributed by atoms with E-state index in [1.807, 2.05) is 6.07 Å². The summed E-state index contributed by atoms with van der Waals surface area (Å²) in [5.74, 6) is 0. The van der Waals surface area contributed by atoms with Crippen LogP contribution >= 0.6 is 0 Å². The zero-order valence-electron chi connectivity index (χ0n) is 12.5. The van der Waals surface area contributed by atoms with Gasteiger partial charge in [0.05, 0.1) is 12.3 Å². The highest BCUT2D eigenvalue weighted by Crippen LogP contribution is 2.30. The fraction of sp³-hybridized carbons (Fsp3) is 0.600. The lowest BCUT2D eigenvalue weighted by molar-refractivity contribution is 0.199. The topological polar surface area (TPSA) is 69.6 Å². The lowest BCUT2D eigenvalue weighted by Crippen LogP contribution is -2.43. The summed E-state index contributed by atoms with van der Waals surface area (Å²) >= 11 is 0. The Balaban J connectivity index is 2.37. The van der Waals surface area contributed by atoms with E-state index in [0.29, 0.717) is 5.69 Å². The second-order valence-corrected chi connectivity index (χ2v) is 7.24. The molecule has 0 bridgehead atoms. The van der Waals surface area contributed by atoms with Crippen molar-refractivity contribution >= 4 is 15.7 Å². The highest BCUT2D eigenvalue weighted by molar-refractivity contribution is 7.89. The quantitative estimate of drug-likeness (QED) is 0.843. The molecule has 0 aliphatic heterocycles. The summed E-state index contributed by atoms with van der Waals surface area (Å²) in [7, 11) is -1.88. The van der Waals surface area contributed by atoms with Crippen LogP contribution in [0.1, 0.15) is 32.1 Å². The number of hydrogen-bond donors (Lipinski definition) is 2. The van der Waals surface area contributed by atoms with Crippen LogP contribution < -0.4 is 5.32 Å². The minimum atomic E-state index is -3.59.